The molecule has 108 valence electrons. The zero-order chi connectivity index (χ0) is 15.7. The number of benzene rings is 2. The number of rotatable bonds is 3. The molecule has 22 heavy (non-hydrogen) atoms. The van der Waals surface area contributed by atoms with Crippen LogP contribution in [0.2, 0.25) is 0 Å². The molecule has 0 spiro atoms. The van der Waals surface area contributed by atoms with Gasteiger partial charge in [-0.05, 0) is 23.7 Å². The molecule has 1 aliphatic rings. The average Bonchev–Trinajstić information content (AvgIpc) is 2.57. The first-order valence-electron chi connectivity index (χ1n) is 6.93. The Bertz CT molecular complexity index is 819. The van der Waals surface area contributed by atoms with E-state index in [9.17, 15) is 14.5 Å². The minimum Gasteiger partial charge on any atom is -0.289 e. The summed E-state index contributed by atoms with van der Waals surface area (Å²) >= 11 is 0. The zero-order valence-electron chi connectivity index (χ0n) is 12.0. The third-order valence-electron chi connectivity index (χ3n) is 3.90. The summed E-state index contributed by atoms with van der Waals surface area (Å²) in [5, 5.41) is 2.89. The van der Waals surface area contributed by atoms with Crippen LogP contribution in [0, 0.1) is 4.91 Å². The van der Waals surface area contributed by atoms with Gasteiger partial charge in [0.15, 0.2) is 11.6 Å². The van der Waals surface area contributed by atoms with Crippen LogP contribution in [-0.2, 0) is 6.42 Å². The number of ketones is 2. The smallest absolute Gasteiger partial charge is 0.192 e. The summed E-state index contributed by atoms with van der Waals surface area (Å²) < 4.78 is 0. The molecule has 0 saturated carbocycles. The molecule has 0 atom stereocenters. The van der Waals surface area contributed by atoms with E-state index in [0.717, 1.165) is 5.56 Å². The predicted molar refractivity (Wildman–Crippen MR) is 83.4 cm³/mol. The minimum atomic E-state index is -0.286. The van der Waals surface area contributed by atoms with Crippen molar-refractivity contribution >= 4 is 17.3 Å². The highest BCUT2D eigenvalue weighted by Gasteiger charge is 2.32. The number of Topliss-reactive ketones (excluding diaryl/α,β-unsaturated/α-hetero) is 2. The molecule has 3 rings (SSSR count). The number of hydrogen-bond donors (Lipinski definition) is 0. The normalized spacial score (nSPS) is 14.0. The number of carbonyl (C=O) groups is 2. The van der Waals surface area contributed by atoms with E-state index in [2.05, 4.69) is 5.18 Å². The highest BCUT2D eigenvalue weighted by molar-refractivity contribution is 6.28. The lowest BCUT2D eigenvalue weighted by atomic mass is 9.81. The van der Waals surface area contributed by atoms with Gasteiger partial charge >= 0.3 is 0 Å². The van der Waals surface area contributed by atoms with Crippen LogP contribution < -0.4 is 0 Å². The van der Waals surface area contributed by atoms with E-state index in [0.29, 0.717) is 17.6 Å². The van der Waals surface area contributed by atoms with Crippen LogP contribution in [0.1, 0.15) is 33.2 Å². The second kappa shape index (κ2) is 5.48. The number of nitroso groups, excluding NO2 is 1. The Morgan fingerprint density at radius 2 is 1.64 bits per heavy atom. The average molecular weight is 291 g/mol. The second-order valence-electron chi connectivity index (χ2n) is 5.22. The molecule has 0 unspecified atom stereocenters. The molecule has 0 aromatic heterocycles. The lowest BCUT2D eigenvalue weighted by molar-refractivity contribution is 0.0973. The summed E-state index contributed by atoms with van der Waals surface area (Å²) in [7, 11) is 0. The Morgan fingerprint density at radius 3 is 2.32 bits per heavy atom. The van der Waals surface area contributed by atoms with Crippen molar-refractivity contribution in [3.8, 4) is 0 Å². The van der Waals surface area contributed by atoms with E-state index in [1.54, 1.807) is 19.1 Å². The van der Waals surface area contributed by atoms with Gasteiger partial charge in [0.05, 0.1) is 5.56 Å². The third-order valence-corrected chi connectivity index (χ3v) is 3.90. The van der Waals surface area contributed by atoms with Gasteiger partial charge in [-0.15, -0.1) is 4.91 Å². The highest BCUT2D eigenvalue weighted by atomic mass is 16.3. The van der Waals surface area contributed by atoms with E-state index in [1.807, 2.05) is 30.3 Å². The molecule has 0 heterocycles. The van der Waals surface area contributed by atoms with E-state index in [4.69, 9.17) is 0 Å². The first kappa shape index (κ1) is 14.1. The Balaban J connectivity index is 2.12. The van der Waals surface area contributed by atoms with Gasteiger partial charge in [-0.25, -0.2) is 0 Å². The molecule has 0 bridgehead atoms. The summed E-state index contributed by atoms with van der Waals surface area (Å²) in [6.45, 7) is 1.66. The fraction of sp³-hybridized carbons (Fsp3) is 0.111. The second-order valence-corrected chi connectivity index (χ2v) is 5.22. The van der Waals surface area contributed by atoms with Crippen LogP contribution in [0.25, 0.3) is 0 Å². The molecule has 0 radical (unpaired) electrons. The Kier molecular flexibility index (Phi) is 3.51. The molecule has 0 fully saturated rings. The molecule has 4 heteroatoms. The monoisotopic (exact) mass is 291 g/mol. The van der Waals surface area contributed by atoms with Gasteiger partial charge in [-0.2, -0.15) is 0 Å². The molecule has 0 amide bonds. The van der Waals surface area contributed by atoms with E-state index in [1.165, 1.54) is 6.07 Å². The van der Waals surface area contributed by atoms with Crippen LogP contribution in [0.15, 0.2) is 64.9 Å². The van der Waals surface area contributed by atoms with Crippen molar-refractivity contribution in [3.63, 3.8) is 0 Å². The topological polar surface area (TPSA) is 63.6 Å². The predicted octanol–water partition coefficient (Wildman–Crippen LogP) is 4.02. The lowest BCUT2D eigenvalue weighted by Gasteiger charge is -2.19. The molecule has 0 saturated heterocycles. The van der Waals surface area contributed by atoms with Crippen molar-refractivity contribution in [1.82, 2.24) is 0 Å². The van der Waals surface area contributed by atoms with Crippen LogP contribution in [0.4, 0.5) is 5.69 Å². The maximum Gasteiger partial charge on any atom is 0.192 e. The van der Waals surface area contributed by atoms with Crippen LogP contribution in [0.5, 0.6) is 0 Å². The number of hydrogen-bond acceptors (Lipinski definition) is 4. The standard InChI is InChI=1S/C18H13NO3/c1-11-14(10-12-6-3-2-4-7-12)18(21)16-13(17(11)20)8-5-9-15(16)19-22/h2-9H,10H2,1H3. The number of fused-ring (bicyclic) bond motifs is 1. The van der Waals surface area contributed by atoms with Crippen molar-refractivity contribution in [2.75, 3.05) is 0 Å². The summed E-state index contributed by atoms with van der Waals surface area (Å²) in [5.41, 5.74) is 2.21. The van der Waals surface area contributed by atoms with Crippen LogP contribution in [-0.4, -0.2) is 11.6 Å². The van der Waals surface area contributed by atoms with Gasteiger partial charge in [0, 0.05) is 23.1 Å². The maximum atomic E-state index is 12.7. The van der Waals surface area contributed by atoms with E-state index in [-0.39, 0.29) is 28.4 Å². The summed E-state index contributed by atoms with van der Waals surface area (Å²) in [6.07, 6.45) is 0.365. The summed E-state index contributed by atoms with van der Waals surface area (Å²) in [4.78, 5) is 36.2. The van der Waals surface area contributed by atoms with Gasteiger partial charge in [0.25, 0.3) is 0 Å². The van der Waals surface area contributed by atoms with Crippen molar-refractivity contribution < 1.29 is 9.59 Å². The van der Waals surface area contributed by atoms with Crippen molar-refractivity contribution in [1.29, 1.82) is 0 Å². The Morgan fingerprint density at radius 1 is 0.909 bits per heavy atom. The minimum absolute atomic E-state index is 0.0221. The molecular formula is C18H13NO3. The van der Waals surface area contributed by atoms with E-state index < -0.39 is 0 Å². The quantitative estimate of drug-likeness (QED) is 0.802. The Hall–Kier alpha value is -2.88. The van der Waals surface area contributed by atoms with Crippen molar-refractivity contribution in [3.05, 3.63) is 81.3 Å². The van der Waals surface area contributed by atoms with Crippen molar-refractivity contribution in [2.45, 2.75) is 13.3 Å². The van der Waals surface area contributed by atoms with Gasteiger partial charge < -0.3 is 0 Å². The third kappa shape index (κ3) is 2.19. The number of carbonyl (C=O) groups excluding carboxylic acids is 2. The van der Waals surface area contributed by atoms with Gasteiger partial charge in [-0.3, -0.25) is 9.59 Å². The SMILES string of the molecule is CC1=C(Cc2ccccc2)C(=O)c2c(N=O)cccc2C1=O. The molecule has 2 aromatic rings. The summed E-state index contributed by atoms with van der Waals surface area (Å²) in [6, 6.07) is 14.0. The first-order chi connectivity index (χ1) is 10.6. The fourth-order valence-electron chi connectivity index (χ4n) is 2.72. The van der Waals surface area contributed by atoms with Gasteiger partial charge in [0.2, 0.25) is 0 Å². The molecule has 2 aromatic carbocycles. The van der Waals surface area contributed by atoms with Crippen molar-refractivity contribution in [2.24, 2.45) is 5.18 Å². The molecule has 0 N–H and O–H groups in total. The molecule has 0 aliphatic heterocycles. The molecule has 4 nitrogen and oxygen atoms in total. The number of nitrogens with zero attached hydrogens (tertiary/aromatic N) is 1. The van der Waals surface area contributed by atoms with E-state index >= 15 is 0 Å². The zero-order valence-corrected chi connectivity index (χ0v) is 12.0. The van der Waals surface area contributed by atoms with Gasteiger partial charge in [0.1, 0.15) is 5.69 Å². The van der Waals surface area contributed by atoms with Gasteiger partial charge in [-0.1, -0.05) is 42.5 Å². The lowest BCUT2D eigenvalue weighted by Crippen LogP contribution is -2.22. The largest absolute Gasteiger partial charge is 0.289 e. The van der Waals surface area contributed by atoms with Crippen LogP contribution in [0.3, 0.4) is 0 Å². The fourth-order valence-corrected chi connectivity index (χ4v) is 2.72. The molecule has 1 aliphatic carbocycles. The maximum absolute atomic E-state index is 12.7. The Labute approximate surface area is 127 Å². The highest BCUT2D eigenvalue weighted by Crippen LogP contribution is 2.33. The molecular weight excluding hydrogens is 278 g/mol. The van der Waals surface area contributed by atoms with Crippen LogP contribution >= 0.6 is 0 Å². The number of allylic oxidation sites excluding steroid dienone is 2. The summed E-state index contributed by atoms with van der Waals surface area (Å²) in [5.74, 6) is -0.503. The first-order valence-corrected chi connectivity index (χ1v) is 6.93.